The third-order valence-electron chi connectivity index (χ3n) is 3.18. The maximum atomic E-state index is 14.2. The molecular weight excluding hydrogens is 296 g/mol. The van der Waals surface area contributed by atoms with Crippen LogP contribution in [-0.4, -0.2) is 16.1 Å². The number of pyridine rings is 1. The predicted octanol–water partition coefficient (Wildman–Crippen LogP) is 3.81. The summed E-state index contributed by atoms with van der Waals surface area (Å²) in [6.45, 7) is 0. The van der Waals surface area contributed by atoms with Crippen molar-refractivity contribution in [3.63, 3.8) is 0 Å². The van der Waals surface area contributed by atoms with Crippen LogP contribution in [-0.2, 0) is 0 Å². The molecule has 2 heterocycles. The second-order valence-corrected chi connectivity index (χ2v) is 4.89. The third-order valence-corrected chi connectivity index (χ3v) is 3.61. The van der Waals surface area contributed by atoms with Crippen LogP contribution in [0.3, 0.4) is 0 Å². The van der Waals surface area contributed by atoms with Crippen LogP contribution in [0.4, 0.5) is 14.1 Å². The van der Waals surface area contributed by atoms with Gasteiger partial charge in [-0.2, -0.15) is 0 Å². The average Bonchev–Trinajstić information content (AvgIpc) is 2.84. The van der Waals surface area contributed by atoms with E-state index in [1.54, 1.807) is 24.3 Å². The predicted molar refractivity (Wildman–Crippen MR) is 80.2 cm³/mol. The number of nitrogens with two attached hydrogens (primary N) is 1. The quantitative estimate of drug-likeness (QED) is 0.799. The minimum absolute atomic E-state index is 0.0228. The Morgan fingerprint density at radius 1 is 1.29 bits per heavy atom. The van der Waals surface area contributed by atoms with Crippen LogP contribution >= 0.6 is 12.3 Å². The standard InChI is InChI=1S/C14H11F2N3OS/c1-20-11-4-2-3-10(15)13(11)9-7-19(21-16)14-8(9)5-6-12(17)18-14/h2-7H,1H3,(H2,17,18). The van der Waals surface area contributed by atoms with Crippen LogP contribution in [0.5, 0.6) is 5.75 Å². The number of nitrogen functional groups attached to an aromatic ring is 1. The van der Waals surface area contributed by atoms with Gasteiger partial charge in [0.2, 0.25) is 0 Å². The van der Waals surface area contributed by atoms with Crippen LogP contribution in [0.2, 0.25) is 0 Å². The number of hydrogen-bond acceptors (Lipinski definition) is 4. The summed E-state index contributed by atoms with van der Waals surface area (Å²) in [7, 11) is 1.46. The number of aromatic nitrogens is 2. The zero-order chi connectivity index (χ0) is 15.0. The molecule has 0 spiro atoms. The summed E-state index contributed by atoms with van der Waals surface area (Å²) < 4.78 is 33.7. The lowest BCUT2D eigenvalue weighted by molar-refractivity contribution is 0.413. The molecule has 0 aliphatic carbocycles. The van der Waals surface area contributed by atoms with E-state index < -0.39 is 5.82 Å². The van der Waals surface area contributed by atoms with Crippen LogP contribution in [0, 0.1) is 5.82 Å². The van der Waals surface area contributed by atoms with Gasteiger partial charge in [0.1, 0.15) is 17.4 Å². The number of methoxy groups -OCH3 is 1. The van der Waals surface area contributed by atoms with Gasteiger partial charge in [0, 0.05) is 17.1 Å². The number of fused-ring (bicyclic) bond motifs is 1. The summed E-state index contributed by atoms with van der Waals surface area (Å²) in [5.74, 6) is 0.187. The number of benzene rings is 1. The van der Waals surface area contributed by atoms with Crippen LogP contribution in [0.25, 0.3) is 22.2 Å². The Balaban J connectivity index is 2.36. The van der Waals surface area contributed by atoms with Crippen molar-refractivity contribution in [2.45, 2.75) is 0 Å². The highest BCUT2D eigenvalue weighted by Crippen LogP contribution is 2.39. The second-order valence-electron chi connectivity index (χ2n) is 4.36. The van der Waals surface area contributed by atoms with Crippen molar-refractivity contribution in [1.82, 2.24) is 8.96 Å². The van der Waals surface area contributed by atoms with E-state index >= 15 is 0 Å². The highest BCUT2D eigenvalue weighted by Gasteiger charge is 2.19. The first-order chi connectivity index (χ1) is 10.2. The molecule has 0 fully saturated rings. The topological polar surface area (TPSA) is 53.1 Å². The maximum Gasteiger partial charge on any atom is 0.171 e. The monoisotopic (exact) mass is 307 g/mol. The molecule has 21 heavy (non-hydrogen) atoms. The molecular formula is C14H11F2N3OS. The molecule has 2 aromatic heterocycles. The molecule has 1 aromatic carbocycles. The molecule has 0 aliphatic rings. The molecule has 0 radical (unpaired) electrons. The molecule has 0 unspecified atom stereocenters. The fourth-order valence-corrected chi connectivity index (χ4v) is 2.63. The number of nitrogens with zero attached hydrogens (tertiary/aromatic N) is 2. The van der Waals surface area contributed by atoms with Crippen LogP contribution in [0.15, 0.2) is 36.5 Å². The highest BCUT2D eigenvalue weighted by molar-refractivity contribution is 7.92. The Morgan fingerprint density at radius 3 is 2.81 bits per heavy atom. The van der Waals surface area contributed by atoms with Gasteiger partial charge in [-0.05, 0) is 24.3 Å². The van der Waals surface area contributed by atoms with Gasteiger partial charge in [-0.25, -0.2) is 13.3 Å². The van der Waals surface area contributed by atoms with Gasteiger partial charge in [0.05, 0.1) is 12.7 Å². The third kappa shape index (κ3) is 2.19. The Kier molecular flexibility index (Phi) is 3.42. The van der Waals surface area contributed by atoms with Crippen molar-refractivity contribution in [1.29, 1.82) is 0 Å². The molecule has 7 heteroatoms. The van der Waals surface area contributed by atoms with Crippen molar-refractivity contribution in [3.05, 3.63) is 42.3 Å². The van der Waals surface area contributed by atoms with Crippen molar-refractivity contribution >= 4 is 29.2 Å². The first-order valence-corrected chi connectivity index (χ1v) is 6.72. The Hall–Kier alpha value is -2.28. The average molecular weight is 307 g/mol. The van der Waals surface area contributed by atoms with E-state index in [-0.39, 0.29) is 23.7 Å². The number of hydrogen-bond donors (Lipinski definition) is 1. The van der Waals surface area contributed by atoms with Gasteiger partial charge in [-0.3, -0.25) is 0 Å². The SMILES string of the molecule is COc1cccc(F)c1-c1cn(SF)c2nc(N)ccc12. The first kappa shape index (κ1) is 13.7. The van der Waals surface area contributed by atoms with Gasteiger partial charge in [-0.15, -0.1) is 3.89 Å². The molecule has 0 bridgehead atoms. The molecule has 2 N–H and O–H groups in total. The summed E-state index contributed by atoms with van der Waals surface area (Å²) in [5, 5.41) is 0.595. The van der Waals surface area contributed by atoms with Crippen molar-refractivity contribution in [2.24, 2.45) is 0 Å². The Labute approximate surface area is 124 Å². The Bertz CT molecular complexity index is 819. The first-order valence-electron chi connectivity index (χ1n) is 6.05. The van der Waals surface area contributed by atoms with E-state index in [9.17, 15) is 8.28 Å². The molecule has 0 aliphatic heterocycles. The molecule has 0 amide bonds. The molecule has 3 rings (SSSR count). The molecule has 3 aromatic rings. The lowest BCUT2D eigenvalue weighted by Gasteiger charge is -2.08. The van der Waals surface area contributed by atoms with Gasteiger partial charge in [0.25, 0.3) is 0 Å². The van der Waals surface area contributed by atoms with Crippen molar-refractivity contribution in [3.8, 4) is 16.9 Å². The van der Waals surface area contributed by atoms with Crippen molar-refractivity contribution < 1.29 is 13.0 Å². The molecule has 0 saturated heterocycles. The van der Waals surface area contributed by atoms with E-state index in [1.165, 1.54) is 23.3 Å². The largest absolute Gasteiger partial charge is 0.496 e. The number of anilines is 1. The summed E-state index contributed by atoms with van der Waals surface area (Å²) in [4.78, 5) is 4.09. The van der Waals surface area contributed by atoms with E-state index in [2.05, 4.69) is 4.98 Å². The van der Waals surface area contributed by atoms with E-state index in [0.717, 1.165) is 0 Å². The molecule has 0 saturated carbocycles. The van der Waals surface area contributed by atoms with Crippen LogP contribution < -0.4 is 10.5 Å². The summed E-state index contributed by atoms with van der Waals surface area (Å²) in [6.07, 6.45) is 1.47. The number of ether oxygens (including phenoxy) is 1. The normalized spacial score (nSPS) is 11.0. The molecule has 0 atom stereocenters. The minimum atomic E-state index is -0.450. The second kappa shape index (κ2) is 5.25. The fraction of sp³-hybridized carbons (Fsp3) is 0.0714. The lowest BCUT2D eigenvalue weighted by atomic mass is 10.0. The minimum Gasteiger partial charge on any atom is -0.496 e. The summed E-state index contributed by atoms with van der Waals surface area (Å²) in [5.41, 5.74) is 6.73. The Morgan fingerprint density at radius 2 is 2.10 bits per heavy atom. The maximum absolute atomic E-state index is 14.2. The highest BCUT2D eigenvalue weighted by atomic mass is 32.2. The summed E-state index contributed by atoms with van der Waals surface area (Å²) in [6, 6.07) is 7.80. The fourth-order valence-electron chi connectivity index (χ4n) is 2.28. The lowest BCUT2D eigenvalue weighted by Crippen LogP contribution is -1.92. The zero-order valence-electron chi connectivity index (χ0n) is 11.0. The molecule has 108 valence electrons. The smallest absolute Gasteiger partial charge is 0.171 e. The van der Waals surface area contributed by atoms with Gasteiger partial charge >= 0.3 is 0 Å². The summed E-state index contributed by atoms with van der Waals surface area (Å²) >= 11 is -0.0228. The number of halogens is 2. The van der Waals surface area contributed by atoms with Crippen LogP contribution in [0.1, 0.15) is 0 Å². The van der Waals surface area contributed by atoms with E-state index in [4.69, 9.17) is 10.5 Å². The van der Waals surface area contributed by atoms with E-state index in [1.807, 2.05) is 0 Å². The van der Waals surface area contributed by atoms with Gasteiger partial charge < -0.3 is 10.5 Å². The van der Waals surface area contributed by atoms with Crippen molar-refractivity contribution in [2.75, 3.05) is 12.8 Å². The van der Waals surface area contributed by atoms with E-state index in [0.29, 0.717) is 22.3 Å². The van der Waals surface area contributed by atoms with Gasteiger partial charge in [-0.1, -0.05) is 6.07 Å². The molecule has 4 nitrogen and oxygen atoms in total. The number of rotatable bonds is 3. The van der Waals surface area contributed by atoms with Gasteiger partial charge in [0.15, 0.2) is 18.0 Å². The zero-order valence-corrected chi connectivity index (χ0v) is 11.8.